The molecule has 0 atom stereocenters. The van der Waals surface area contributed by atoms with Gasteiger partial charge in [0.05, 0.1) is 6.54 Å². The first kappa shape index (κ1) is 38.3. The van der Waals surface area contributed by atoms with Gasteiger partial charge in [-0.3, -0.25) is 19.2 Å². The average molecular weight is 714 g/mol. The predicted octanol–water partition coefficient (Wildman–Crippen LogP) is 0.200. The number of rotatable bonds is 14. The van der Waals surface area contributed by atoms with Crippen molar-refractivity contribution in [3.05, 3.63) is 71.3 Å². The zero-order valence-corrected chi connectivity index (χ0v) is 29.3. The normalized spacial score (nSPS) is 10.9. The minimum atomic E-state index is -0.803. The molecule has 0 fully saturated rings. The van der Waals surface area contributed by atoms with Crippen LogP contribution in [0.1, 0.15) is 43.5 Å². The van der Waals surface area contributed by atoms with Crippen LogP contribution in [-0.2, 0) is 37.0 Å². The molecule has 0 aliphatic heterocycles. The quantitative estimate of drug-likeness (QED) is 0.136. The van der Waals surface area contributed by atoms with Crippen molar-refractivity contribution in [1.82, 2.24) is 67.0 Å². The Kier molecular flexibility index (Phi) is 13.2. The molecule has 0 spiro atoms. The van der Waals surface area contributed by atoms with Gasteiger partial charge in [-0.15, -0.1) is 40.8 Å². The minimum absolute atomic E-state index is 0.126. The molecule has 4 aromatic rings. The number of aryl methyl sites for hydroxylation is 2. The molecule has 0 radical (unpaired) electrons. The number of carbonyl (C=O) groups excluding carboxylic acids is 5. The zero-order valence-electron chi connectivity index (χ0n) is 29.3. The average Bonchev–Trinajstić information content (AvgIpc) is 3.11. The summed E-state index contributed by atoms with van der Waals surface area (Å²) in [6.45, 7) is 6.70. The molecule has 0 unspecified atom stereocenters. The van der Waals surface area contributed by atoms with Crippen molar-refractivity contribution in [2.45, 2.75) is 53.3 Å². The highest BCUT2D eigenvalue weighted by Crippen LogP contribution is 2.15. The molecule has 2 aromatic heterocycles. The summed E-state index contributed by atoms with van der Waals surface area (Å²) in [7, 11) is 0. The van der Waals surface area contributed by atoms with E-state index in [0.29, 0.717) is 34.4 Å². The molecule has 4 N–H and O–H groups in total. The molecule has 0 aliphatic carbocycles. The minimum Gasteiger partial charge on any atom is -0.444 e. The number of carbonyl (C=O) groups is 5. The van der Waals surface area contributed by atoms with Gasteiger partial charge in [0, 0.05) is 24.2 Å². The lowest BCUT2D eigenvalue weighted by Gasteiger charge is -2.22. The molecule has 2 aromatic carbocycles. The number of hydrogen-bond acceptors (Lipinski definition) is 14. The second kappa shape index (κ2) is 17.9. The summed E-state index contributed by atoms with van der Waals surface area (Å²) in [5, 5.41) is 41.8. The van der Waals surface area contributed by atoms with Crippen LogP contribution in [0.4, 0.5) is 4.79 Å². The predicted molar refractivity (Wildman–Crippen MR) is 183 cm³/mol. The molecule has 0 bridgehead atoms. The molecule has 0 saturated carbocycles. The Morgan fingerprint density at radius 1 is 0.577 bits per heavy atom. The smallest absolute Gasteiger partial charge is 0.408 e. The van der Waals surface area contributed by atoms with Gasteiger partial charge in [-0.05, 0) is 45.7 Å². The first-order valence-electron chi connectivity index (χ1n) is 16.1. The van der Waals surface area contributed by atoms with Crippen molar-refractivity contribution in [3.8, 4) is 22.8 Å². The van der Waals surface area contributed by atoms with Crippen LogP contribution in [0.5, 0.6) is 0 Å². The Morgan fingerprint density at radius 2 is 1.00 bits per heavy atom. The largest absolute Gasteiger partial charge is 0.444 e. The van der Waals surface area contributed by atoms with Crippen LogP contribution < -0.4 is 21.3 Å². The summed E-state index contributed by atoms with van der Waals surface area (Å²) >= 11 is 0. The van der Waals surface area contributed by atoms with Crippen LogP contribution >= 0.6 is 0 Å². The maximum Gasteiger partial charge on any atom is 0.408 e. The molecule has 272 valence electrons. The summed E-state index contributed by atoms with van der Waals surface area (Å²) in [6.07, 6.45) is -0.803. The first-order chi connectivity index (χ1) is 24.7. The van der Waals surface area contributed by atoms with E-state index in [4.69, 9.17) is 4.74 Å². The van der Waals surface area contributed by atoms with Crippen molar-refractivity contribution in [3.63, 3.8) is 0 Å². The Bertz CT molecular complexity index is 1740. The molecule has 2 heterocycles. The summed E-state index contributed by atoms with van der Waals surface area (Å²) in [6, 6.07) is 14.1. The number of aromatic nitrogens is 8. The topological polar surface area (TPSA) is 249 Å². The number of nitrogens with zero attached hydrogens (tertiary/aromatic N) is 9. The third kappa shape index (κ3) is 12.7. The van der Waals surface area contributed by atoms with E-state index in [0.717, 1.165) is 16.0 Å². The molecule has 4 rings (SSSR count). The second-order valence-corrected chi connectivity index (χ2v) is 12.4. The number of amides is 5. The Balaban J connectivity index is 1.33. The molecular weight excluding hydrogens is 674 g/mol. The van der Waals surface area contributed by atoms with Gasteiger partial charge in [-0.1, -0.05) is 48.5 Å². The van der Waals surface area contributed by atoms with Gasteiger partial charge < -0.3 is 30.9 Å². The Labute approximate surface area is 298 Å². The number of benzene rings is 2. The van der Waals surface area contributed by atoms with Gasteiger partial charge in [0.2, 0.25) is 35.3 Å². The highest BCUT2D eigenvalue weighted by atomic mass is 16.6. The van der Waals surface area contributed by atoms with Crippen LogP contribution in [0.3, 0.4) is 0 Å². The van der Waals surface area contributed by atoms with E-state index < -0.39 is 61.5 Å². The van der Waals surface area contributed by atoms with Gasteiger partial charge in [-0.2, -0.15) is 0 Å². The lowest BCUT2D eigenvalue weighted by Crippen LogP contribution is -2.49. The van der Waals surface area contributed by atoms with Crippen LogP contribution in [-0.4, -0.2) is 107 Å². The van der Waals surface area contributed by atoms with E-state index in [9.17, 15) is 24.0 Å². The summed E-state index contributed by atoms with van der Waals surface area (Å²) in [5.41, 5.74) is 2.11. The fourth-order valence-electron chi connectivity index (χ4n) is 4.24. The summed E-state index contributed by atoms with van der Waals surface area (Å²) < 4.78 is 5.09. The van der Waals surface area contributed by atoms with Crippen molar-refractivity contribution in [1.29, 1.82) is 0 Å². The number of alkyl carbamates (subject to hydrolysis) is 1. The second-order valence-electron chi connectivity index (χ2n) is 12.4. The van der Waals surface area contributed by atoms with Crippen LogP contribution in [0.15, 0.2) is 48.5 Å². The van der Waals surface area contributed by atoms with Gasteiger partial charge in [0.25, 0.3) is 0 Å². The fraction of sp³-hybridized carbons (Fsp3) is 0.364. The molecule has 19 nitrogen and oxygen atoms in total. The SMILES string of the molecule is Cc1nnc(-c2ccc(CNC(=O)CN(CC(=O)NCc3ccc(-c4nnc(C)nn4)cc3)C(=O)CNC(=O)CNC(=O)OC(C)(C)C)cc2)nn1. The molecular formula is C33H39N13O6. The van der Waals surface area contributed by atoms with E-state index >= 15 is 0 Å². The fourth-order valence-corrected chi connectivity index (χ4v) is 4.24. The maximum atomic E-state index is 13.2. The Morgan fingerprint density at radius 3 is 1.40 bits per heavy atom. The monoisotopic (exact) mass is 713 g/mol. The highest BCUT2D eigenvalue weighted by molar-refractivity contribution is 5.92. The maximum absolute atomic E-state index is 13.2. The number of hydrogen-bond donors (Lipinski definition) is 4. The van der Waals surface area contributed by atoms with Crippen molar-refractivity contribution >= 4 is 29.7 Å². The van der Waals surface area contributed by atoms with Crippen molar-refractivity contribution in [2.75, 3.05) is 26.2 Å². The third-order valence-electron chi connectivity index (χ3n) is 6.81. The number of nitrogens with one attached hydrogen (secondary N) is 4. The molecule has 0 aliphatic rings. The van der Waals surface area contributed by atoms with Crippen LogP contribution in [0.25, 0.3) is 22.8 Å². The standard InChI is InChI=1S/C33H39N13O6/c1-20-38-42-30(43-39-20)24-10-6-22(7-11-24)14-34-27(48)18-46(29(50)17-36-26(47)16-37-32(51)52-33(3,4)5)19-28(49)35-15-23-8-12-25(13-9-23)31-44-40-21(2)41-45-31/h6-13H,14-19H2,1-5H3,(H,34,48)(H,35,49)(H,36,47)(H,37,51). The van der Waals surface area contributed by atoms with Crippen LogP contribution in [0.2, 0.25) is 0 Å². The van der Waals surface area contributed by atoms with E-state index in [1.54, 1.807) is 83.1 Å². The van der Waals surface area contributed by atoms with Gasteiger partial charge in [0.15, 0.2) is 11.6 Å². The highest BCUT2D eigenvalue weighted by Gasteiger charge is 2.22. The summed E-state index contributed by atoms with van der Waals surface area (Å²) in [4.78, 5) is 64.3. The molecule has 5 amide bonds. The Hall–Kier alpha value is -6.53. The van der Waals surface area contributed by atoms with E-state index in [2.05, 4.69) is 62.1 Å². The van der Waals surface area contributed by atoms with Gasteiger partial charge in [-0.25, -0.2) is 4.79 Å². The third-order valence-corrected chi connectivity index (χ3v) is 6.81. The van der Waals surface area contributed by atoms with E-state index in [-0.39, 0.29) is 13.1 Å². The van der Waals surface area contributed by atoms with Crippen molar-refractivity contribution < 1.29 is 28.7 Å². The van der Waals surface area contributed by atoms with E-state index in [1.807, 2.05) is 0 Å². The van der Waals surface area contributed by atoms with Gasteiger partial charge >= 0.3 is 6.09 Å². The van der Waals surface area contributed by atoms with Crippen molar-refractivity contribution in [2.24, 2.45) is 0 Å². The summed E-state index contributed by atoms with van der Waals surface area (Å²) in [5.74, 6) is -0.873. The molecule has 52 heavy (non-hydrogen) atoms. The van der Waals surface area contributed by atoms with Crippen LogP contribution in [0, 0.1) is 13.8 Å². The molecule has 0 saturated heterocycles. The lowest BCUT2D eigenvalue weighted by molar-refractivity contribution is -0.139. The van der Waals surface area contributed by atoms with Gasteiger partial charge in [0.1, 0.15) is 25.2 Å². The number of ether oxygens (including phenoxy) is 1. The first-order valence-corrected chi connectivity index (χ1v) is 16.1. The zero-order chi connectivity index (χ0) is 37.7. The molecule has 19 heteroatoms. The lowest BCUT2D eigenvalue weighted by atomic mass is 10.1. The van der Waals surface area contributed by atoms with E-state index in [1.165, 1.54) is 0 Å².